The Morgan fingerprint density at radius 1 is 1.24 bits per heavy atom. The topological polar surface area (TPSA) is 75.4 Å². The van der Waals surface area contributed by atoms with E-state index in [1.54, 1.807) is 17.7 Å². The number of rotatable bonds is 4. The molecule has 0 radical (unpaired) electrons. The fourth-order valence-corrected chi connectivity index (χ4v) is 3.74. The van der Waals surface area contributed by atoms with Crippen LogP contribution in [-0.2, 0) is 4.79 Å². The summed E-state index contributed by atoms with van der Waals surface area (Å²) in [6.45, 7) is 7.13. The molecule has 25 heavy (non-hydrogen) atoms. The second-order valence-corrected chi connectivity index (χ2v) is 7.28. The molecule has 1 atom stereocenters. The summed E-state index contributed by atoms with van der Waals surface area (Å²) in [5.74, 6) is 1.47. The molecule has 6 nitrogen and oxygen atoms in total. The molecular weight excluding hydrogens is 381 g/mol. The minimum Gasteiger partial charge on any atom is -0.352 e. The maximum Gasteiger partial charge on any atom is 0.239 e. The van der Waals surface area contributed by atoms with E-state index in [9.17, 15) is 4.79 Å². The van der Waals surface area contributed by atoms with Crippen molar-refractivity contribution in [1.82, 2.24) is 14.9 Å². The third-order valence-corrected chi connectivity index (χ3v) is 4.99. The van der Waals surface area contributed by atoms with Gasteiger partial charge in [0.05, 0.1) is 11.4 Å². The second-order valence-electron chi connectivity index (χ2n) is 6.39. The number of aromatic nitrogens is 2. The predicted octanol–water partition coefficient (Wildman–Crippen LogP) is 2.56. The minimum absolute atomic E-state index is 0. The molecule has 9 heteroatoms. The van der Waals surface area contributed by atoms with Crippen LogP contribution >= 0.6 is 36.2 Å². The van der Waals surface area contributed by atoms with Crippen molar-refractivity contribution in [1.29, 1.82) is 0 Å². The Bertz CT molecular complexity index is 688. The van der Waals surface area contributed by atoms with Crippen molar-refractivity contribution in [3.05, 3.63) is 17.8 Å². The van der Waals surface area contributed by atoms with Crippen molar-refractivity contribution in [2.75, 3.05) is 31.1 Å². The molecular formula is C16H25Cl2N5OS. The summed E-state index contributed by atoms with van der Waals surface area (Å²) in [4.78, 5) is 26.3. The third kappa shape index (κ3) is 4.94. The molecule has 1 amide bonds. The predicted molar refractivity (Wildman–Crippen MR) is 108 cm³/mol. The van der Waals surface area contributed by atoms with Gasteiger partial charge in [0.1, 0.15) is 17.0 Å². The Morgan fingerprint density at radius 2 is 1.92 bits per heavy atom. The van der Waals surface area contributed by atoms with E-state index >= 15 is 0 Å². The van der Waals surface area contributed by atoms with Gasteiger partial charge in [-0.25, -0.2) is 9.97 Å². The maximum absolute atomic E-state index is 12.4. The van der Waals surface area contributed by atoms with E-state index in [1.807, 2.05) is 10.3 Å². The molecule has 3 rings (SSSR count). The summed E-state index contributed by atoms with van der Waals surface area (Å²) in [6.07, 6.45) is 2.35. The number of halogens is 2. The molecule has 0 aliphatic carbocycles. The smallest absolute Gasteiger partial charge is 0.239 e. The standard InChI is InChI=1S/C16H23N5OS.2ClH/c1-11(2)9-13(17)16(22)21-6-4-20(5-7-21)14-12-3-8-23-15(12)19-10-18-14;;/h3,8,10-11,13H,4-7,9,17H2,1-2H3;2*1H/t13-;;/m0../s1. The van der Waals surface area contributed by atoms with Crippen LogP contribution in [0.3, 0.4) is 0 Å². The summed E-state index contributed by atoms with van der Waals surface area (Å²) < 4.78 is 0. The van der Waals surface area contributed by atoms with Crippen molar-refractivity contribution < 1.29 is 4.79 Å². The van der Waals surface area contributed by atoms with Gasteiger partial charge in [0.15, 0.2) is 0 Å². The SMILES string of the molecule is CC(C)C[C@H](N)C(=O)N1CCN(c2ncnc3sccc23)CC1.Cl.Cl. The van der Waals surface area contributed by atoms with Gasteiger partial charge in [-0.15, -0.1) is 36.2 Å². The number of carbonyl (C=O) groups is 1. The van der Waals surface area contributed by atoms with Gasteiger partial charge in [0, 0.05) is 26.2 Å². The maximum atomic E-state index is 12.4. The zero-order valence-corrected chi connectivity index (χ0v) is 16.9. The lowest BCUT2D eigenvalue weighted by Gasteiger charge is -2.36. The molecule has 140 valence electrons. The van der Waals surface area contributed by atoms with Crippen LogP contribution in [0.1, 0.15) is 20.3 Å². The van der Waals surface area contributed by atoms with Gasteiger partial charge in [-0.2, -0.15) is 0 Å². The molecule has 3 heterocycles. The zero-order chi connectivity index (χ0) is 16.4. The summed E-state index contributed by atoms with van der Waals surface area (Å²) in [5.41, 5.74) is 6.03. The van der Waals surface area contributed by atoms with E-state index in [-0.39, 0.29) is 36.8 Å². The molecule has 2 aromatic heterocycles. The zero-order valence-electron chi connectivity index (χ0n) is 14.4. The van der Waals surface area contributed by atoms with Gasteiger partial charge in [-0.05, 0) is 23.8 Å². The first kappa shape index (κ1) is 21.9. The van der Waals surface area contributed by atoms with Crippen LogP contribution in [0.2, 0.25) is 0 Å². The highest BCUT2D eigenvalue weighted by atomic mass is 35.5. The van der Waals surface area contributed by atoms with Gasteiger partial charge in [-0.3, -0.25) is 4.79 Å². The molecule has 0 unspecified atom stereocenters. The van der Waals surface area contributed by atoms with Crippen molar-refractivity contribution in [2.45, 2.75) is 26.3 Å². The molecule has 0 saturated carbocycles. The summed E-state index contributed by atoms with van der Waals surface area (Å²) in [6, 6.07) is 1.68. The molecule has 1 aliphatic rings. The third-order valence-electron chi connectivity index (χ3n) is 4.17. The molecule has 1 aliphatic heterocycles. The molecule has 1 fully saturated rings. The number of carbonyl (C=O) groups excluding carboxylic acids is 1. The quantitative estimate of drug-likeness (QED) is 0.845. The van der Waals surface area contributed by atoms with Gasteiger partial charge in [0.25, 0.3) is 0 Å². The number of amides is 1. The molecule has 0 aromatic carbocycles. The highest BCUT2D eigenvalue weighted by Crippen LogP contribution is 2.27. The van der Waals surface area contributed by atoms with Gasteiger partial charge < -0.3 is 15.5 Å². The van der Waals surface area contributed by atoms with Crippen LogP contribution < -0.4 is 10.6 Å². The van der Waals surface area contributed by atoms with Gasteiger partial charge in [-0.1, -0.05) is 13.8 Å². The summed E-state index contributed by atoms with van der Waals surface area (Å²) in [7, 11) is 0. The molecule has 2 aromatic rings. The lowest BCUT2D eigenvalue weighted by Crippen LogP contribution is -2.53. The Kier molecular flexibility index (Phi) is 8.34. The fourth-order valence-electron chi connectivity index (χ4n) is 3.01. The molecule has 0 spiro atoms. The minimum atomic E-state index is -0.385. The van der Waals surface area contributed by atoms with E-state index in [4.69, 9.17) is 5.73 Å². The Hall–Kier alpha value is -1.15. The first-order valence-electron chi connectivity index (χ1n) is 8.03. The van der Waals surface area contributed by atoms with Gasteiger partial charge in [0.2, 0.25) is 5.91 Å². The monoisotopic (exact) mass is 405 g/mol. The van der Waals surface area contributed by atoms with Crippen molar-refractivity contribution in [2.24, 2.45) is 11.7 Å². The first-order valence-corrected chi connectivity index (χ1v) is 8.91. The summed E-state index contributed by atoms with van der Waals surface area (Å²) in [5, 5.41) is 3.13. The number of hydrogen-bond acceptors (Lipinski definition) is 6. The van der Waals surface area contributed by atoms with Crippen LogP contribution in [0.25, 0.3) is 10.2 Å². The van der Waals surface area contributed by atoms with Crippen LogP contribution in [-0.4, -0.2) is 53.0 Å². The van der Waals surface area contributed by atoms with E-state index in [2.05, 4.69) is 34.8 Å². The van der Waals surface area contributed by atoms with Crippen LogP contribution in [0, 0.1) is 5.92 Å². The first-order chi connectivity index (χ1) is 11.1. The van der Waals surface area contributed by atoms with Crippen LogP contribution in [0.4, 0.5) is 5.82 Å². The van der Waals surface area contributed by atoms with Crippen molar-refractivity contribution in [3.63, 3.8) is 0 Å². The number of nitrogens with two attached hydrogens (primary N) is 1. The van der Waals surface area contributed by atoms with Crippen LogP contribution in [0.15, 0.2) is 17.8 Å². The summed E-state index contributed by atoms with van der Waals surface area (Å²) >= 11 is 1.62. The largest absolute Gasteiger partial charge is 0.352 e. The Balaban J connectivity index is 0.00000156. The Morgan fingerprint density at radius 3 is 2.56 bits per heavy atom. The van der Waals surface area contributed by atoms with E-state index in [0.29, 0.717) is 19.0 Å². The average molecular weight is 406 g/mol. The number of piperazine rings is 1. The molecule has 0 bridgehead atoms. The van der Waals surface area contributed by atoms with Crippen LogP contribution in [0.5, 0.6) is 0 Å². The number of thiophene rings is 1. The Labute approximate surface area is 164 Å². The normalized spacial score (nSPS) is 15.7. The van der Waals surface area contributed by atoms with E-state index in [1.165, 1.54) is 0 Å². The highest BCUT2D eigenvalue weighted by Gasteiger charge is 2.26. The lowest BCUT2D eigenvalue weighted by atomic mass is 10.0. The number of nitrogens with zero attached hydrogens (tertiary/aromatic N) is 4. The fraction of sp³-hybridized carbons (Fsp3) is 0.562. The highest BCUT2D eigenvalue weighted by molar-refractivity contribution is 7.16. The van der Waals surface area contributed by atoms with Crippen molar-refractivity contribution >= 4 is 58.1 Å². The lowest BCUT2D eigenvalue weighted by molar-refractivity contribution is -0.133. The second kappa shape index (κ2) is 9.52. The number of anilines is 1. The van der Waals surface area contributed by atoms with E-state index < -0.39 is 0 Å². The molecule has 2 N–H and O–H groups in total. The van der Waals surface area contributed by atoms with E-state index in [0.717, 1.165) is 35.5 Å². The average Bonchev–Trinajstić information content (AvgIpc) is 3.02. The molecule has 1 saturated heterocycles. The number of fused-ring (bicyclic) bond motifs is 1. The van der Waals surface area contributed by atoms with Crippen molar-refractivity contribution in [3.8, 4) is 0 Å². The van der Waals surface area contributed by atoms with Gasteiger partial charge >= 0.3 is 0 Å². The number of hydrogen-bond donors (Lipinski definition) is 1.